The zero-order valence-electron chi connectivity index (χ0n) is 9.15. The Balaban J connectivity index is 2.79. The van der Waals surface area contributed by atoms with Crippen LogP contribution in [0.5, 0.6) is 11.5 Å². The van der Waals surface area contributed by atoms with E-state index >= 15 is 0 Å². The molecule has 0 bridgehead atoms. The number of methoxy groups -OCH3 is 2. The third-order valence-corrected chi connectivity index (χ3v) is 2.40. The van der Waals surface area contributed by atoms with Crippen LogP contribution >= 0.6 is 0 Å². The molecular weight excluding hydrogens is 202 g/mol. The number of hydrogen-bond acceptors (Lipinski definition) is 3. The van der Waals surface area contributed by atoms with Crippen LogP contribution in [-0.4, -0.2) is 19.2 Å². The predicted octanol–water partition coefficient (Wildman–Crippen LogP) is 2.23. The van der Waals surface area contributed by atoms with Gasteiger partial charge in [0.1, 0.15) is 0 Å². The predicted molar refractivity (Wildman–Crippen MR) is 62.8 cm³/mol. The molecule has 0 saturated heterocycles. The van der Waals surface area contributed by atoms with Crippen molar-refractivity contribution < 1.29 is 9.47 Å². The minimum atomic E-state index is 0.650. The van der Waals surface area contributed by atoms with Crippen molar-refractivity contribution in [2.45, 2.75) is 0 Å². The van der Waals surface area contributed by atoms with E-state index in [-0.39, 0.29) is 0 Å². The van der Waals surface area contributed by atoms with E-state index in [1.54, 1.807) is 26.5 Å². The maximum Gasteiger partial charge on any atom is 0.162 e. The summed E-state index contributed by atoms with van der Waals surface area (Å²) in [5.41, 5.74) is 1.60. The first-order valence-corrected chi connectivity index (χ1v) is 4.77. The Morgan fingerprint density at radius 1 is 1.19 bits per heavy atom. The zero-order valence-corrected chi connectivity index (χ0v) is 9.15. The van der Waals surface area contributed by atoms with Crippen molar-refractivity contribution in [1.82, 2.24) is 4.98 Å². The largest absolute Gasteiger partial charge is 0.493 e. The van der Waals surface area contributed by atoms with Gasteiger partial charge >= 0.3 is 0 Å². The van der Waals surface area contributed by atoms with Crippen LogP contribution in [0.25, 0.3) is 10.9 Å². The maximum atomic E-state index is 5.43. The van der Waals surface area contributed by atoms with E-state index < -0.39 is 0 Å². The summed E-state index contributed by atoms with van der Waals surface area (Å²) in [6, 6.07) is 5.46. The highest BCUT2D eigenvalue weighted by Gasteiger charge is 2.08. The number of rotatable bonds is 2. The van der Waals surface area contributed by atoms with E-state index in [9.17, 15) is 0 Å². The van der Waals surface area contributed by atoms with Crippen LogP contribution in [0.2, 0.25) is 0 Å². The quantitative estimate of drug-likeness (QED) is 0.717. The Morgan fingerprint density at radius 3 is 2.50 bits per heavy atom. The summed E-state index contributed by atoms with van der Waals surface area (Å²) in [5, 5.41) is 0.891. The highest BCUT2D eigenvalue weighted by Crippen LogP contribution is 2.32. The fourth-order valence-electron chi connectivity index (χ4n) is 1.60. The summed E-state index contributed by atoms with van der Waals surface area (Å²) in [5.74, 6) is 3.92. The Morgan fingerprint density at radius 2 is 1.88 bits per heavy atom. The molecule has 0 spiro atoms. The lowest BCUT2D eigenvalue weighted by Crippen LogP contribution is -1.92. The first-order valence-electron chi connectivity index (χ1n) is 4.77. The first-order chi connectivity index (χ1) is 7.80. The van der Waals surface area contributed by atoms with Gasteiger partial charge in [0.15, 0.2) is 11.5 Å². The van der Waals surface area contributed by atoms with E-state index in [1.807, 2.05) is 12.1 Å². The van der Waals surface area contributed by atoms with Crippen LogP contribution in [0.1, 0.15) is 5.56 Å². The molecule has 0 N–H and O–H groups in total. The summed E-state index contributed by atoms with van der Waals surface area (Å²) in [6.07, 6.45) is 7.11. The van der Waals surface area contributed by atoms with E-state index in [1.165, 1.54) is 0 Å². The fourth-order valence-corrected chi connectivity index (χ4v) is 1.60. The molecule has 80 valence electrons. The van der Waals surface area contributed by atoms with E-state index in [2.05, 4.69) is 10.9 Å². The minimum Gasteiger partial charge on any atom is -0.493 e. The number of nitrogens with zero attached hydrogens (tertiary/aromatic N) is 1. The van der Waals surface area contributed by atoms with Crippen molar-refractivity contribution >= 4 is 10.9 Å². The Kier molecular flexibility index (Phi) is 2.65. The Hall–Kier alpha value is -2.21. The molecule has 1 heterocycles. The standard InChI is InChI=1S/C13H11NO2/c1-4-9-5-6-14-11-8-13(16-3)12(15-2)7-10(9)11/h1,5-8H,2-3H3. The number of fused-ring (bicyclic) bond motifs is 1. The van der Waals surface area contributed by atoms with Gasteiger partial charge in [0, 0.05) is 23.2 Å². The molecule has 0 unspecified atom stereocenters. The lowest BCUT2D eigenvalue weighted by Gasteiger charge is -2.09. The average molecular weight is 213 g/mol. The number of terminal acetylenes is 1. The lowest BCUT2D eigenvalue weighted by molar-refractivity contribution is 0.356. The van der Waals surface area contributed by atoms with Gasteiger partial charge in [-0.15, -0.1) is 6.42 Å². The van der Waals surface area contributed by atoms with E-state index in [4.69, 9.17) is 15.9 Å². The van der Waals surface area contributed by atoms with Crippen LogP contribution in [0.15, 0.2) is 24.4 Å². The topological polar surface area (TPSA) is 31.4 Å². The lowest BCUT2D eigenvalue weighted by atomic mass is 10.1. The smallest absolute Gasteiger partial charge is 0.162 e. The molecule has 0 aliphatic heterocycles. The van der Waals surface area contributed by atoms with E-state index in [0.29, 0.717) is 11.5 Å². The molecule has 0 radical (unpaired) electrons. The molecular formula is C13H11NO2. The summed E-state index contributed by atoms with van der Waals surface area (Å²) >= 11 is 0. The number of aromatic nitrogens is 1. The third kappa shape index (κ3) is 1.55. The number of hydrogen-bond donors (Lipinski definition) is 0. The van der Waals surface area contributed by atoms with Gasteiger partial charge in [0.05, 0.1) is 19.7 Å². The van der Waals surface area contributed by atoms with Crippen molar-refractivity contribution in [2.75, 3.05) is 14.2 Å². The Bertz CT molecular complexity index is 570. The van der Waals surface area contributed by atoms with Crippen LogP contribution in [0.3, 0.4) is 0 Å². The van der Waals surface area contributed by atoms with Gasteiger partial charge in [0.25, 0.3) is 0 Å². The van der Waals surface area contributed by atoms with Crippen molar-refractivity contribution in [3.05, 3.63) is 30.0 Å². The fraction of sp³-hybridized carbons (Fsp3) is 0.154. The van der Waals surface area contributed by atoms with Crippen LogP contribution in [0.4, 0.5) is 0 Å². The second-order valence-corrected chi connectivity index (χ2v) is 3.23. The summed E-state index contributed by atoms with van der Waals surface area (Å²) in [7, 11) is 3.18. The molecule has 1 aromatic carbocycles. The molecule has 2 aromatic rings. The number of benzene rings is 1. The molecule has 0 fully saturated rings. The van der Waals surface area contributed by atoms with Crippen molar-refractivity contribution in [3.63, 3.8) is 0 Å². The number of ether oxygens (including phenoxy) is 2. The number of pyridine rings is 1. The minimum absolute atomic E-state index is 0.650. The summed E-state index contributed by atoms with van der Waals surface area (Å²) < 4.78 is 10.4. The van der Waals surface area contributed by atoms with Crippen LogP contribution in [0, 0.1) is 12.3 Å². The first kappa shape index (κ1) is 10.3. The normalized spacial score (nSPS) is 9.81. The second-order valence-electron chi connectivity index (χ2n) is 3.23. The van der Waals surface area contributed by atoms with Crippen molar-refractivity contribution in [2.24, 2.45) is 0 Å². The van der Waals surface area contributed by atoms with Gasteiger partial charge in [-0.1, -0.05) is 5.92 Å². The second kappa shape index (κ2) is 4.11. The van der Waals surface area contributed by atoms with Crippen molar-refractivity contribution in [1.29, 1.82) is 0 Å². The molecule has 0 aliphatic rings. The molecule has 0 amide bonds. The molecule has 0 saturated carbocycles. The summed E-state index contributed by atoms with van der Waals surface area (Å²) in [4.78, 5) is 4.24. The van der Waals surface area contributed by atoms with Gasteiger partial charge in [0.2, 0.25) is 0 Å². The van der Waals surface area contributed by atoms with Crippen LogP contribution in [-0.2, 0) is 0 Å². The SMILES string of the molecule is C#Cc1ccnc2cc(OC)c(OC)cc12. The van der Waals surface area contributed by atoms with Gasteiger partial charge in [-0.2, -0.15) is 0 Å². The molecule has 2 rings (SSSR count). The molecule has 3 heteroatoms. The molecule has 16 heavy (non-hydrogen) atoms. The zero-order chi connectivity index (χ0) is 11.5. The highest BCUT2D eigenvalue weighted by molar-refractivity contribution is 5.87. The molecule has 1 aromatic heterocycles. The van der Waals surface area contributed by atoms with Crippen molar-refractivity contribution in [3.8, 4) is 23.8 Å². The third-order valence-electron chi connectivity index (χ3n) is 2.40. The van der Waals surface area contributed by atoms with Gasteiger partial charge < -0.3 is 9.47 Å². The van der Waals surface area contributed by atoms with Crippen LogP contribution < -0.4 is 9.47 Å². The van der Waals surface area contributed by atoms with Gasteiger partial charge in [-0.3, -0.25) is 4.98 Å². The van der Waals surface area contributed by atoms with E-state index in [0.717, 1.165) is 16.5 Å². The average Bonchev–Trinajstić information content (AvgIpc) is 2.36. The summed E-state index contributed by atoms with van der Waals surface area (Å²) in [6.45, 7) is 0. The van der Waals surface area contributed by atoms with Gasteiger partial charge in [-0.25, -0.2) is 0 Å². The monoisotopic (exact) mass is 213 g/mol. The molecule has 0 aliphatic carbocycles. The highest BCUT2D eigenvalue weighted by atomic mass is 16.5. The van der Waals surface area contributed by atoms with Gasteiger partial charge in [-0.05, 0) is 12.1 Å². The molecule has 0 atom stereocenters. The maximum absolute atomic E-state index is 5.43. The molecule has 3 nitrogen and oxygen atoms in total. The Labute approximate surface area is 94.0 Å².